The van der Waals surface area contributed by atoms with Crippen LogP contribution < -0.4 is 5.32 Å². The predicted octanol–water partition coefficient (Wildman–Crippen LogP) is 2.34. The zero-order valence-electron chi connectivity index (χ0n) is 16.7. The maximum Gasteiger partial charge on any atom is 0.273 e. The first-order valence-electron chi connectivity index (χ1n) is 10.2. The molecule has 150 valence electrons. The highest BCUT2D eigenvalue weighted by Crippen LogP contribution is 2.38. The van der Waals surface area contributed by atoms with Crippen molar-refractivity contribution in [1.82, 2.24) is 25.2 Å². The van der Waals surface area contributed by atoms with Crippen LogP contribution >= 0.6 is 0 Å². The summed E-state index contributed by atoms with van der Waals surface area (Å²) in [5.41, 5.74) is 2.41. The molecule has 1 amide bonds. The Bertz CT molecular complexity index is 822. The molecule has 1 aromatic carbocycles. The Balaban J connectivity index is 1.48. The molecule has 1 saturated carbocycles. The van der Waals surface area contributed by atoms with E-state index in [-0.39, 0.29) is 17.5 Å². The molecule has 0 radical (unpaired) electrons. The Labute approximate surface area is 166 Å². The number of amides is 1. The Morgan fingerprint density at radius 1 is 1.25 bits per heavy atom. The lowest BCUT2D eigenvalue weighted by Crippen LogP contribution is -2.62. The second-order valence-corrected chi connectivity index (χ2v) is 7.99. The predicted molar refractivity (Wildman–Crippen MR) is 107 cm³/mol. The Morgan fingerprint density at radius 2 is 2.00 bits per heavy atom. The largest absolute Gasteiger partial charge is 0.379 e. The van der Waals surface area contributed by atoms with Crippen molar-refractivity contribution >= 4 is 5.91 Å². The van der Waals surface area contributed by atoms with Crippen molar-refractivity contribution in [3.8, 4) is 5.69 Å². The van der Waals surface area contributed by atoms with Gasteiger partial charge in [-0.05, 0) is 44.4 Å². The average molecular weight is 383 g/mol. The minimum atomic E-state index is -0.161. The standard InChI is InChI=1S/C21H29N5O2/c1-16-6-5-7-18(14-16)26-15-19(23-24-26)20(27)22-17(2)21(8-3-4-9-21)25-10-12-28-13-11-25/h5-7,14-15,17H,3-4,8-13H2,1-2H3,(H,22,27). The number of nitrogens with one attached hydrogen (secondary N) is 1. The maximum atomic E-state index is 12.9. The van der Waals surface area contributed by atoms with Crippen LogP contribution in [0.2, 0.25) is 0 Å². The van der Waals surface area contributed by atoms with E-state index in [1.54, 1.807) is 10.9 Å². The van der Waals surface area contributed by atoms with Gasteiger partial charge in [-0.25, -0.2) is 4.68 Å². The van der Waals surface area contributed by atoms with E-state index in [4.69, 9.17) is 4.74 Å². The first-order chi connectivity index (χ1) is 13.6. The highest BCUT2D eigenvalue weighted by atomic mass is 16.5. The van der Waals surface area contributed by atoms with E-state index in [9.17, 15) is 4.79 Å². The highest BCUT2D eigenvalue weighted by molar-refractivity contribution is 5.92. The minimum Gasteiger partial charge on any atom is -0.379 e. The van der Waals surface area contributed by atoms with Crippen LogP contribution in [-0.2, 0) is 4.74 Å². The molecule has 2 fully saturated rings. The van der Waals surface area contributed by atoms with Gasteiger partial charge in [0.25, 0.3) is 5.91 Å². The van der Waals surface area contributed by atoms with Crippen LogP contribution in [0.3, 0.4) is 0 Å². The molecule has 1 N–H and O–H groups in total. The van der Waals surface area contributed by atoms with E-state index < -0.39 is 0 Å². The lowest BCUT2D eigenvalue weighted by Gasteiger charge is -2.47. The minimum absolute atomic E-state index is 0.0198. The second kappa shape index (κ2) is 8.01. The van der Waals surface area contributed by atoms with Gasteiger partial charge in [0, 0.05) is 24.7 Å². The van der Waals surface area contributed by atoms with Crippen molar-refractivity contribution in [3.63, 3.8) is 0 Å². The number of nitrogens with zero attached hydrogens (tertiary/aromatic N) is 4. The summed E-state index contributed by atoms with van der Waals surface area (Å²) < 4.78 is 7.19. The summed E-state index contributed by atoms with van der Waals surface area (Å²) >= 11 is 0. The first-order valence-corrected chi connectivity index (χ1v) is 10.2. The number of carbonyl (C=O) groups is 1. The van der Waals surface area contributed by atoms with Crippen molar-refractivity contribution in [1.29, 1.82) is 0 Å². The Hall–Kier alpha value is -2.25. The first kappa shape index (κ1) is 19.1. The third-order valence-electron chi connectivity index (χ3n) is 6.26. The fraction of sp³-hybridized carbons (Fsp3) is 0.571. The van der Waals surface area contributed by atoms with Crippen molar-refractivity contribution in [2.75, 3.05) is 26.3 Å². The van der Waals surface area contributed by atoms with Crippen LogP contribution in [0.25, 0.3) is 5.69 Å². The van der Waals surface area contributed by atoms with Crippen LogP contribution in [0.5, 0.6) is 0 Å². The van der Waals surface area contributed by atoms with Gasteiger partial charge in [-0.1, -0.05) is 30.2 Å². The van der Waals surface area contributed by atoms with E-state index in [1.807, 2.05) is 31.2 Å². The molecule has 2 aliphatic rings. The molecule has 1 unspecified atom stereocenters. The number of aryl methyl sites for hydroxylation is 1. The van der Waals surface area contributed by atoms with E-state index >= 15 is 0 Å². The molecule has 1 saturated heterocycles. The normalized spacial score (nSPS) is 20.8. The van der Waals surface area contributed by atoms with Crippen LogP contribution in [-0.4, -0.2) is 63.7 Å². The molecule has 0 spiro atoms. The van der Waals surface area contributed by atoms with Gasteiger partial charge in [-0.2, -0.15) is 0 Å². The molecule has 1 aromatic heterocycles. The summed E-state index contributed by atoms with van der Waals surface area (Å²) in [4.78, 5) is 15.4. The van der Waals surface area contributed by atoms with Gasteiger partial charge in [-0.3, -0.25) is 9.69 Å². The second-order valence-electron chi connectivity index (χ2n) is 7.99. The van der Waals surface area contributed by atoms with E-state index in [0.29, 0.717) is 5.69 Å². The Kier molecular flexibility index (Phi) is 5.46. The summed E-state index contributed by atoms with van der Waals surface area (Å²) in [6.07, 6.45) is 6.35. The molecular formula is C21H29N5O2. The van der Waals surface area contributed by atoms with Crippen LogP contribution in [0, 0.1) is 6.92 Å². The third-order valence-corrected chi connectivity index (χ3v) is 6.26. The third kappa shape index (κ3) is 3.69. The fourth-order valence-electron chi connectivity index (χ4n) is 4.69. The highest BCUT2D eigenvalue weighted by Gasteiger charge is 2.45. The molecule has 7 nitrogen and oxygen atoms in total. The van der Waals surface area contributed by atoms with Gasteiger partial charge < -0.3 is 10.1 Å². The van der Waals surface area contributed by atoms with Crippen LogP contribution in [0.1, 0.15) is 48.7 Å². The lowest BCUT2D eigenvalue weighted by atomic mass is 9.86. The zero-order valence-corrected chi connectivity index (χ0v) is 16.7. The van der Waals surface area contributed by atoms with Gasteiger partial charge in [0.2, 0.25) is 0 Å². The molecule has 28 heavy (non-hydrogen) atoms. The summed E-state index contributed by atoms with van der Waals surface area (Å²) in [7, 11) is 0. The van der Waals surface area contributed by atoms with E-state index in [2.05, 4.69) is 27.5 Å². The molecule has 1 aliphatic heterocycles. The number of hydrogen-bond acceptors (Lipinski definition) is 5. The fourth-order valence-corrected chi connectivity index (χ4v) is 4.69. The number of ether oxygens (including phenoxy) is 1. The van der Waals surface area contributed by atoms with Gasteiger partial charge >= 0.3 is 0 Å². The molecule has 4 rings (SSSR count). The number of morpholine rings is 1. The van der Waals surface area contributed by atoms with Crippen molar-refractivity contribution < 1.29 is 9.53 Å². The SMILES string of the molecule is Cc1cccc(-n2cc(C(=O)NC(C)C3(N4CCOCC4)CCCC3)nn2)c1. The zero-order chi connectivity index (χ0) is 19.6. The molecule has 1 atom stereocenters. The van der Waals surface area contributed by atoms with Gasteiger partial charge in [0.1, 0.15) is 0 Å². The summed E-state index contributed by atoms with van der Waals surface area (Å²) in [6.45, 7) is 7.57. The van der Waals surface area contributed by atoms with Gasteiger partial charge in [-0.15, -0.1) is 5.10 Å². The molecule has 0 bridgehead atoms. The molecule has 2 heterocycles. The maximum absolute atomic E-state index is 12.9. The van der Waals surface area contributed by atoms with Crippen molar-refractivity contribution in [2.24, 2.45) is 0 Å². The molecule has 7 heteroatoms. The number of benzene rings is 1. The van der Waals surface area contributed by atoms with Crippen LogP contribution in [0.15, 0.2) is 30.5 Å². The lowest BCUT2D eigenvalue weighted by molar-refractivity contribution is -0.0323. The van der Waals surface area contributed by atoms with Crippen LogP contribution in [0.4, 0.5) is 0 Å². The van der Waals surface area contributed by atoms with Crippen molar-refractivity contribution in [3.05, 3.63) is 41.7 Å². The summed E-state index contributed by atoms with van der Waals surface area (Å²) in [6, 6.07) is 8.02. The van der Waals surface area contributed by atoms with E-state index in [0.717, 1.165) is 50.4 Å². The topological polar surface area (TPSA) is 72.3 Å². The van der Waals surface area contributed by atoms with E-state index in [1.165, 1.54) is 12.8 Å². The number of hydrogen-bond donors (Lipinski definition) is 1. The Morgan fingerprint density at radius 3 is 2.71 bits per heavy atom. The average Bonchev–Trinajstić information content (AvgIpc) is 3.39. The van der Waals surface area contributed by atoms with Gasteiger partial charge in [0.15, 0.2) is 5.69 Å². The monoisotopic (exact) mass is 383 g/mol. The van der Waals surface area contributed by atoms with Gasteiger partial charge in [0.05, 0.1) is 25.1 Å². The quantitative estimate of drug-likeness (QED) is 0.858. The summed E-state index contributed by atoms with van der Waals surface area (Å²) in [5.74, 6) is -0.161. The number of carbonyl (C=O) groups excluding carboxylic acids is 1. The number of aromatic nitrogens is 3. The molecule has 1 aliphatic carbocycles. The molecule has 2 aromatic rings. The number of rotatable bonds is 5. The summed E-state index contributed by atoms with van der Waals surface area (Å²) in [5, 5.41) is 11.5. The molecular weight excluding hydrogens is 354 g/mol. The smallest absolute Gasteiger partial charge is 0.273 e. The van der Waals surface area contributed by atoms with Crippen molar-refractivity contribution in [2.45, 2.75) is 51.1 Å².